The van der Waals surface area contributed by atoms with Gasteiger partial charge in [-0.1, -0.05) is 59.2 Å². The van der Waals surface area contributed by atoms with Crippen LogP contribution < -0.4 is 4.57 Å². The van der Waals surface area contributed by atoms with E-state index in [1.807, 2.05) is 6.92 Å². The van der Waals surface area contributed by atoms with E-state index < -0.39 is 0 Å². The van der Waals surface area contributed by atoms with Crippen molar-refractivity contribution in [3.63, 3.8) is 0 Å². The summed E-state index contributed by atoms with van der Waals surface area (Å²) in [6.07, 6.45) is 7.78. The quantitative estimate of drug-likeness (QED) is 0.351. The Kier molecular flexibility index (Phi) is 4.88. The van der Waals surface area contributed by atoms with Crippen molar-refractivity contribution in [1.82, 2.24) is 0 Å². The van der Waals surface area contributed by atoms with Crippen molar-refractivity contribution in [2.75, 3.05) is 0 Å². The molecular weight excluding hydrogens is 405 g/mol. The molecule has 3 aromatic rings. The zero-order valence-electron chi connectivity index (χ0n) is 21.7. The minimum Gasteiger partial charge on any atom is -0.206 e. The summed E-state index contributed by atoms with van der Waals surface area (Å²) in [5.41, 5.74) is 7.53. The van der Waals surface area contributed by atoms with Gasteiger partial charge in [0.25, 0.3) is 0 Å². The molecule has 33 heavy (non-hydrogen) atoms. The molecule has 1 aliphatic carbocycles. The molecule has 2 heterocycles. The van der Waals surface area contributed by atoms with Crippen molar-refractivity contribution in [2.24, 2.45) is 0 Å². The van der Waals surface area contributed by atoms with Crippen LogP contribution in [0.5, 0.6) is 0 Å². The van der Waals surface area contributed by atoms with Crippen molar-refractivity contribution in [2.45, 2.75) is 104 Å². The van der Waals surface area contributed by atoms with Gasteiger partial charge in [-0.05, 0) is 60.7 Å². The second-order valence-corrected chi connectivity index (χ2v) is 11.5. The maximum absolute atomic E-state index is 16.1. The molecular formula is C31H39FN+. The predicted octanol–water partition coefficient (Wildman–Crippen LogP) is 8.03. The van der Waals surface area contributed by atoms with Crippen molar-refractivity contribution >= 4 is 10.8 Å². The fraction of sp³-hybridized carbons (Fsp3) is 0.516. The van der Waals surface area contributed by atoms with E-state index in [4.69, 9.17) is 0 Å². The molecule has 0 saturated heterocycles. The van der Waals surface area contributed by atoms with Crippen LogP contribution in [0.15, 0.2) is 30.5 Å². The first kappa shape index (κ1) is 22.6. The number of benzene rings is 2. The second-order valence-electron chi connectivity index (χ2n) is 11.5. The molecule has 1 aromatic heterocycles. The number of aryl methyl sites for hydroxylation is 2. The molecule has 174 valence electrons. The Morgan fingerprint density at radius 2 is 1.67 bits per heavy atom. The largest absolute Gasteiger partial charge is 0.221 e. The molecule has 2 unspecified atom stereocenters. The van der Waals surface area contributed by atoms with Gasteiger partial charge in [-0.2, -0.15) is 4.57 Å². The van der Waals surface area contributed by atoms with Gasteiger partial charge < -0.3 is 0 Å². The van der Waals surface area contributed by atoms with Gasteiger partial charge >= 0.3 is 0 Å². The first-order valence-electron chi connectivity index (χ1n) is 12.9. The standard InChI is InChI=1S/C31H39FN/c1-9-12-13-20-17-21-14-15-33-28-24(21)22(18-20)29(5,6)26-25(28)23(16-19(4)27(26)32)30(7,10-2)31(33,8)11-3/h14-18H,9-13H2,1-8H3/q+1. The minimum atomic E-state index is -0.387. The van der Waals surface area contributed by atoms with Gasteiger partial charge in [-0.15, -0.1) is 0 Å². The monoisotopic (exact) mass is 444 g/mol. The van der Waals surface area contributed by atoms with Crippen LogP contribution in [0.2, 0.25) is 0 Å². The Bertz CT molecular complexity index is 1300. The molecule has 2 heteroatoms. The molecule has 0 amide bonds. The summed E-state index contributed by atoms with van der Waals surface area (Å²) < 4.78 is 18.6. The van der Waals surface area contributed by atoms with E-state index in [1.165, 1.54) is 46.0 Å². The van der Waals surface area contributed by atoms with Gasteiger partial charge in [0.1, 0.15) is 5.82 Å². The number of aromatic nitrogens is 1. The van der Waals surface area contributed by atoms with Gasteiger partial charge in [0.15, 0.2) is 11.7 Å². The number of halogens is 1. The third-order valence-corrected chi connectivity index (χ3v) is 9.62. The summed E-state index contributed by atoms with van der Waals surface area (Å²) in [5, 5.41) is 2.63. The lowest BCUT2D eigenvalue weighted by atomic mass is 9.56. The highest BCUT2D eigenvalue weighted by atomic mass is 19.1. The smallest absolute Gasteiger partial charge is 0.206 e. The van der Waals surface area contributed by atoms with Crippen molar-refractivity contribution < 1.29 is 8.96 Å². The summed E-state index contributed by atoms with van der Waals surface area (Å²) in [6, 6.07) is 9.26. The molecule has 0 fully saturated rings. The Balaban J connectivity index is 2.03. The SMILES string of the molecule is CCCCc1cc2c3c4[n+](ccc3c1)C(C)(CC)C(C)(CC)c1cc(C)c(F)c(c1-4)C2(C)C. The van der Waals surface area contributed by atoms with E-state index in [2.05, 4.69) is 83.5 Å². The Hall–Kier alpha value is -2.22. The third kappa shape index (κ3) is 2.61. The van der Waals surface area contributed by atoms with Crippen LogP contribution >= 0.6 is 0 Å². The van der Waals surface area contributed by atoms with Crippen LogP contribution in [0, 0.1) is 12.7 Å². The van der Waals surface area contributed by atoms with Gasteiger partial charge in [0, 0.05) is 30.4 Å². The van der Waals surface area contributed by atoms with Crippen LogP contribution in [0.4, 0.5) is 4.39 Å². The normalized spacial score (nSPS) is 24.4. The molecule has 0 saturated carbocycles. The summed E-state index contributed by atoms with van der Waals surface area (Å²) in [6.45, 7) is 18.1. The molecule has 1 nitrogen and oxygen atoms in total. The third-order valence-electron chi connectivity index (χ3n) is 9.62. The summed E-state index contributed by atoms with van der Waals surface area (Å²) >= 11 is 0. The van der Waals surface area contributed by atoms with Crippen molar-refractivity contribution in [3.8, 4) is 11.3 Å². The number of hydrogen-bond donors (Lipinski definition) is 0. The fourth-order valence-corrected chi connectivity index (χ4v) is 7.03. The minimum absolute atomic E-state index is 0.0227. The Morgan fingerprint density at radius 3 is 2.30 bits per heavy atom. The topological polar surface area (TPSA) is 3.88 Å². The summed E-state index contributed by atoms with van der Waals surface area (Å²) in [5.74, 6) is -0.0227. The first-order valence-corrected chi connectivity index (χ1v) is 12.9. The van der Waals surface area contributed by atoms with Crippen LogP contribution in [0.3, 0.4) is 0 Å². The van der Waals surface area contributed by atoms with Crippen molar-refractivity contribution in [1.29, 1.82) is 0 Å². The van der Waals surface area contributed by atoms with Crippen LogP contribution in [0.25, 0.3) is 22.0 Å². The highest BCUT2D eigenvalue weighted by molar-refractivity contribution is 6.02. The van der Waals surface area contributed by atoms with Crippen LogP contribution in [-0.2, 0) is 22.8 Å². The number of pyridine rings is 1. The van der Waals surface area contributed by atoms with E-state index in [1.54, 1.807) is 0 Å². The molecule has 0 bridgehead atoms. The highest BCUT2D eigenvalue weighted by Crippen LogP contribution is 2.58. The van der Waals surface area contributed by atoms with E-state index >= 15 is 4.39 Å². The maximum Gasteiger partial charge on any atom is 0.221 e. The zero-order valence-corrected chi connectivity index (χ0v) is 21.7. The molecule has 0 radical (unpaired) electrons. The molecule has 2 aliphatic rings. The van der Waals surface area contributed by atoms with Gasteiger partial charge in [0.05, 0.1) is 16.4 Å². The molecule has 5 rings (SSSR count). The van der Waals surface area contributed by atoms with Gasteiger partial charge in [0.2, 0.25) is 5.69 Å². The number of hydrogen-bond acceptors (Lipinski definition) is 0. The lowest BCUT2D eigenvalue weighted by molar-refractivity contribution is -0.764. The van der Waals surface area contributed by atoms with E-state index in [9.17, 15) is 0 Å². The average Bonchev–Trinajstić information content (AvgIpc) is 2.80. The molecule has 0 spiro atoms. The second kappa shape index (κ2) is 7.14. The number of nitrogens with zero attached hydrogens (tertiary/aromatic N) is 1. The Labute approximate surface area is 199 Å². The zero-order chi connectivity index (χ0) is 23.9. The van der Waals surface area contributed by atoms with Gasteiger partial charge in [-0.3, -0.25) is 0 Å². The average molecular weight is 445 g/mol. The van der Waals surface area contributed by atoms with Crippen molar-refractivity contribution in [3.05, 3.63) is 64.1 Å². The summed E-state index contributed by atoms with van der Waals surface area (Å²) in [7, 11) is 0. The molecule has 2 atom stereocenters. The first-order chi connectivity index (χ1) is 15.6. The van der Waals surface area contributed by atoms with Gasteiger partial charge in [-0.25, -0.2) is 4.39 Å². The van der Waals surface area contributed by atoms with E-state index in [0.29, 0.717) is 0 Å². The summed E-state index contributed by atoms with van der Waals surface area (Å²) in [4.78, 5) is 0. The highest BCUT2D eigenvalue weighted by Gasteiger charge is 2.59. The van der Waals surface area contributed by atoms with E-state index in [0.717, 1.165) is 36.0 Å². The Morgan fingerprint density at radius 1 is 0.939 bits per heavy atom. The fourth-order valence-electron chi connectivity index (χ4n) is 7.03. The lowest BCUT2D eigenvalue weighted by Crippen LogP contribution is -2.68. The maximum atomic E-state index is 16.1. The molecule has 1 aliphatic heterocycles. The van der Waals surface area contributed by atoms with Crippen LogP contribution in [0.1, 0.15) is 102 Å². The number of rotatable bonds is 5. The lowest BCUT2D eigenvalue weighted by Gasteiger charge is -2.49. The number of unbranched alkanes of at least 4 members (excludes halogenated alkanes) is 1. The predicted molar refractivity (Wildman–Crippen MR) is 137 cm³/mol. The van der Waals surface area contributed by atoms with Crippen LogP contribution in [-0.4, -0.2) is 0 Å². The molecule has 2 aromatic carbocycles. The van der Waals surface area contributed by atoms with E-state index in [-0.39, 0.29) is 22.2 Å². The molecule has 0 N–H and O–H groups in total.